The Balaban J connectivity index is 1.71. The quantitative estimate of drug-likeness (QED) is 0.852. The van der Waals surface area contributed by atoms with E-state index >= 15 is 0 Å². The van der Waals surface area contributed by atoms with Crippen molar-refractivity contribution < 1.29 is 4.39 Å². The van der Waals surface area contributed by atoms with Crippen LogP contribution in [0.15, 0.2) is 35.8 Å². The van der Waals surface area contributed by atoms with Crippen LogP contribution in [-0.2, 0) is 12.2 Å². The van der Waals surface area contributed by atoms with Crippen LogP contribution < -0.4 is 0 Å². The summed E-state index contributed by atoms with van der Waals surface area (Å²) in [5.74, 6) is 0. The first-order chi connectivity index (χ1) is 8.76. The Labute approximate surface area is 109 Å². The van der Waals surface area contributed by atoms with E-state index in [0.717, 1.165) is 17.1 Å². The van der Waals surface area contributed by atoms with Gasteiger partial charge in [0.25, 0.3) is 0 Å². The number of hydrogen-bond donors (Lipinski definition) is 0. The number of halogens is 1. The number of rotatable bonds is 3. The number of benzene rings is 1. The molecule has 1 aromatic heterocycles. The van der Waals surface area contributed by atoms with Crippen LogP contribution in [0.25, 0.3) is 0 Å². The van der Waals surface area contributed by atoms with Crippen molar-refractivity contribution in [3.8, 4) is 0 Å². The molecule has 1 aliphatic heterocycles. The molecule has 1 unspecified atom stereocenters. The Morgan fingerprint density at radius 2 is 2.17 bits per heavy atom. The fourth-order valence-electron chi connectivity index (χ4n) is 2.41. The van der Waals surface area contributed by atoms with Crippen molar-refractivity contribution in [2.75, 3.05) is 13.1 Å². The molecule has 0 amide bonds. The van der Waals surface area contributed by atoms with Crippen molar-refractivity contribution in [1.82, 2.24) is 15.1 Å². The maximum atomic E-state index is 14.8. The molecule has 2 heterocycles. The van der Waals surface area contributed by atoms with Crippen LogP contribution in [0.4, 0.5) is 4.39 Å². The van der Waals surface area contributed by atoms with Gasteiger partial charge in [0, 0.05) is 13.1 Å². The van der Waals surface area contributed by atoms with E-state index in [0.29, 0.717) is 19.5 Å². The molecule has 5 heteroatoms. The molecule has 1 saturated heterocycles. The molecule has 0 N–H and O–H groups in total. The van der Waals surface area contributed by atoms with Crippen LogP contribution in [-0.4, -0.2) is 28.2 Å². The Morgan fingerprint density at radius 1 is 1.33 bits per heavy atom. The van der Waals surface area contributed by atoms with Gasteiger partial charge in [0.1, 0.15) is 16.2 Å². The summed E-state index contributed by atoms with van der Waals surface area (Å²) >= 11 is 1.52. The number of nitrogens with zero attached hydrogens (tertiary/aromatic N) is 3. The molecular formula is C13H14FN3S. The van der Waals surface area contributed by atoms with Gasteiger partial charge in [-0.3, -0.25) is 4.90 Å². The number of alkyl halides is 1. The summed E-state index contributed by atoms with van der Waals surface area (Å²) in [6, 6.07) is 9.44. The topological polar surface area (TPSA) is 29.0 Å². The van der Waals surface area contributed by atoms with Gasteiger partial charge < -0.3 is 0 Å². The lowest BCUT2D eigenvalue weighted by atomic mass is 9.95. The van der Waals surface area contributed by atoms with E-state index in [1.165, 1.54) is 11.3 Å². The third-order valence-electron chi connectivity index (χ3n) is 3.35. The van der Waals surface area contributed by atoms with Crippen LogP contribution in [0, 0.1) is 0 Å². The summed E-state index contributed by atoms with van der Waals surface area (Å²) in [6.45, 7) is 1.91. The highest BCUT2D eigenvalue weighted by atomic mass is 32.1. The third-order valence-corrected chi connectivity index (χ3v) is 4.04. The average molecular weight is 263 g/mol. The molecule has 0 spiro atoms. The van der Waals surface area contributed by atoms with Gasteiger partial charge in [-0.1, -0.05) is 30.3 Å². The highest BCUT2D eigenvalue weighted by Gasteiger charge is 2.39. The second kappa shape index (κ2) is 4.74. The summed E-state index contributed by atoms with van der Waals surface area (Å²) in [7, 11) is 0. The summed E-state index contributed by atoms with van der Waals surface area (Å²) in [4.78, 5) is 2.10. The van der Waals surface area contributed by atoms with Gasteiger partial charge in [-0.15, -0.1) is 21.5 Å². The number of likely N-dealkylation sites (tertiary alicyclic amines) is 1. The third kappa shape index (κ3) is 2.28. The monoisotopic (exact) mass is 263 g/mol. The first-order valence-corrected chi connectivity index (χ1v) is 6.86. The molecule has 18 heavy (non-hydrogen) atoms. The molecule has 1 aliphatic rings. The van der Waals surface area contributed by atoms with Crippen LogP contribution >= 0.6 is 11.3 Å². The van der Waals surface area contributed by atoms with Crippen LogP contribution in [0.2, 0.25) is 0 Å². The Bertz CT molecular complexity index is 502. The molecule has 3 nitrogen and oxygen atoms in total. The van der Waals surface area contributed by atoms with E-state index in [1.807, 2.05) is 30.3 Å². The Morgan fingerprint density at radius 3 is 2.89 bits per heavy atom. The van der Waals surface area contributed by atoms with Gasteiger partial charge in [0.05, 0.1) is 6.54 Å². The lowest BCUT2D eigenvalue weighted by Crippen LogP contribution is -2.26. The molecule has 1 aromatic carbocycles. The molecule has 2 aromatic rings. The number of aromatic nitrogens is 2. The van der Waals surface area contributed by atoms with E-state index < -0.39 is 5.67 Å². The van der Waals surface area contributed by atoms with Crippen molar-refractivity contribution in [1.29, 1.82) is 0 Å². The molecule has 94 valence electrons. The zero-order valence-corrected chi connectivity index (χ0v) is 10.7. The van der Waals surface area contributed by atoms with E-state index in [4.69, 9.17) is 0 Å². The molecular weight excluding hydrogens is 249 g/mol. The minimum Gasteiger partial charge on any atom is -0.293 e. The van der Waals surface area contributed by atoms with Crippen molar-refractivity contribution >= 4 is 11.3 Å². The highest BCUT2D eigenvalue weighted by Crippen LogP contribution is 2.36. The Kier molecular flexibility index (Phi) is 3.09. The second-order valence-electron chi connectivity index (χ2n) is 4.62. The van der Waals surface area contributed by atoms with E-state index in [-0.39, 0.29) is 0 Å². The van der Waals surface area contributed by atoms with Crippen LogP contribution in [0.1, 0.15) is 17.0 Å². The molecule has 1 fully saturated rings. The lowest BCUT2D eigenvalue weighted by molar-refractivity contribution is 0.164. The average Bonchev–Trinajstić information content (AvgIpc) is 3.02. The molecule has 0 aliphatic carbocycles. The maximum absolute atomic E-state index is 14.8. The molecule has 0 saturated carbocycles. The largest absolute Gasteiger partial charge is 0.293 e. The van der Waals surface area contributed by atoms with Crippen molar-refractivity contribution in [3.05, 3.63) is 46.4 Å². The van der Waals surface area contributed by atoms with Gasteiger partial charge in [-0.25, -0.2) is 4.39 Å². The van der Waals surface area contributed by atoms with Gasteiger partial charge >= 0.3 is 0 Å². The molecule has 3 rings (SSSR count). The zero-order chi connectivity index (χ0) is 12.4. The second-order valence-corrected chi connectivity index (χ2v) is 5.54. The molecule has 0 radical (unpaired) electrons. The van der Waals surface area contributed by atoms with Gasteiger partial charge in [0.15, 0.2) is 0 Å². The van der Waals surface area contributed by atoms with Gasteiger partial charge in [-0.05, 0) is 12.0 Å². The van der Waals surface area contributed by atoms with Crippen LogP contribution in [0.5, 0.6) is 0 Å². The minimum absolute atomic E-state index is 0.441. The summed E-state index contributed by atoms with van der Waals surface area (Å²) in [6.07, 6.45) is 0.551. The predicted molar refractivity (Wildman–Crippen MR) is 69.0 cm³/mol. The summed E-state index contributed by atoms with van der Waals surface area (Å²) < 4.78 is 14.8. The first kappa shape index (κ1) is 11.7. The van der Waals surface area contributed by atoms with E-state index in [1.54, 1.807) is 5.51 Å². The zero-order valence-electron chi connectivity index (χ0n) is 9.92. The predicted octanol–water partition coefficient (Wildman–Crippen LogP) is 2.61. The first-order valence-electron chi connectivity index (χ1n) is 5.98. The molecule has 0 bridgehead atoms. The maximum Gasteiger partial charge on any atom is 0.149 e. The normalized spacial score (nSPS) is 24.5. The highest BCUT2D eigenvalue weighted by molar-refractivity contribution is 7.09. The van der Waals surface area contributed by atoms with E-state index in [2.05, 4.69) is 15.1 Å². The fourth-order valence-corrected chi connectivity index (χ4v) is 2.98. The standard InChI is InChI=1S/C13H14FN3S/c14-13(11-4-2-1-3-5-11)6-7-17(9-13)8-12-16-15-10-18-12/h1-5,10H,6-9H2. The summed E-state index contributed by atoms with van der Waals surface area (Å²) in [5.41, 5.74) is 1.28. The minimum atomic E-state index is -1.22. The number of hydrogen-bond acceptors (Lipinski definition) is 4. The van der Waals surface area contributed by atoms with Crippen LogP contribution in [0.3, 0.4) is 0 Å². The van der Waals surface area contributed by atoms with Crippen molar-refractivity contribution in [2.24, 2.45) is 0 Å². The molecule has 1 atom stereocenters. The smallest absolute Gasteiger partial charge is 0.149 e. The Hall–Kier alpha value is -1.33. The van der Waals surface area contributed by atoms with Crippen molar-refractivity contribution in [2.45, 2.75) is 18.6 Å². The SMILES string of the molecule is FC1(c2ccccc2)CCN(Cc2nncs2)C1. The lowest BCUT2D eigenvalue weighted by Gasteiger charge is -2.20. The fraction of sp³-hybridized carbons (Fsp3) is 0.385. The van der Waals surface area contributed by atoms with Gasteiger partial charge in [-0.2, -0.15) is 0 Å². The summed E-state index contributed by atoms with van der Waals surface area (Å²) in [5, 5.41) is 8.76. The van der Waals surface area contributed by atoms with Gasteiger partial charge in [0.2, 0.25) is 0 Å². The van der Waals surface area contributed by atoms with E-state index in [9.17, 15) is 4.39 Å². The van der Waals surface area contributed by atoms with Crippen molar-refractivity contribution in [3.63, 3.8) is 0 Å².